The lowest BCUT2D eigenvalue weighted by Gasteiger charge is -2.33. The van der Waals surface area contributed by atoms with Crippen LogP contribution in [0.1, 0.15) is 75.3 Å². The summed E-state index contributed by atoms with van der Waals surface area (Å²) in [4.78, 5) is 8.56. The molecule has 1 fully saturated rings. The predicted octanol–water partition coefficient (Wildman–Crippen LogP) is 6.03. The number of rotatable bonds is 8. The van der Waals surface area contributed by atoms with Gasteiger partial charge in [0.05, 0.1) is 32.0 Å². The summed E-state index contributed by atoms with van der Waals surface area (Å²) in [5.74, 6) is 1.65. The van der Waals surface area contributed by atoms with E-state index in [9.17, 15) is 5.11 Å². The standard InChI is InChI=1S/C26H34O5.C2H6.CH3NO/c1-3-9-28-17-23-15-22(27)16-25(31-23)20-7-6-19(4-2)21(14-20)12-18-5-8-24-26(13-18)30-11-10-29-24;1-2;1-2-3/h5-8,13-14,22-23,25,27H,3-4,9-12,15-17H2,1-2H3;1-2H3;1H3. The first-order valence-electron chi connectivity index (χ1n) is 13.2. The molecular weight excluding hydrogens is 458 g/mol. The average Bonchev–Trinajstić information content (AvgIpc) is 2.90. The van der Waals surface area contributed by atoms with Crippen LogP contribution in [0.4, 0.5) is 0 Å². The number of fused-ring (bicyclic) bond motifs is 1. The van der Waals surface area contributed by atoms with E-state index in [0.717, 1.165) is 42.9 Å². The minimum Gasteiger partial charge on any atom is -0.486 e. The zero-order valence-electron chi connectivity index (χ0n) is 22.5. The maximum atomic E-state index is 10.4. The molecule has 0 bridgehead atoms. The van der Waals surface area contributed by atoms with Gasteiger partial charge in [0.25, 0.3) is 0 Å². The van der Waals surface area contributed by atoms with E-state index < -0.39 is 0 Å². The Kier molecular flexibility index (Phi) is 13.5. The van der Waals surface area contributed by atoms with Crippen molar-refractivity contribution in [3.63, 3.8) is 0 Å². The second kappa shape index (κ2) is 16.3. The van der Waals surface area contributed by atoms with E-state index in [1.165, 1.54) is 23.7 Å². The second-order valence-electron chi connectivity index (χ2n) is 8.67. The van der Waals surface area contributed by atoms with Crippen LogP contribution in [0.5, 0.6) is 11.5 Å². The number of benzene rings is 2. The lowest BCUT2D eigenvalue weighted by atomic mass is 9.91. The lowest BCUT2D eigenvalue weighted by molar-refractivity contribution is -0.123. The molecule has 0 aromatic heterocycles. The largest absolute Gasteiger partial charge is 0.486 e. The Morgan fingerprint density at radius 3 is 2.42 bits per heavy atom. The Labute approximate surface area is 216 Å². The number of aliphatic hydroxyl groups is 1. The molecule has 36 heavy (non-hydrogen) atoms. The first-order chi connectivity index (χ1) is 17.6. The Morgan fingerprint density at radius 1 is 1.00 bits per heavy atom. The van der Waals surface area contributed by atoms with E-state index in [1.54, 1.807) is 0 Å². The third kappa shape index (κ3) is 8.87. The van der Waals surface area contributed by atoms with Gasteiger partial charge >= 0.3 is 0 Å². The van der Waals surface area contributed by atoms with Gasteiger partial charge in [-0.2, -0.15) is 4.91 Å². The SMILES string of the molecule is CC.CCCOCC1CC(O)CC(c2ccc(CC)c(Cc3ccc4c(c3)OCCO4)c2)O1.CN=O. The molecule has 4 rings (SSSR count). The van der Waals surface area contributed by atoms with Crippen LogP contribution in [-0.2, 0) is 22.3 Å². The first kappa shape index (κ1) is 29.7. The highest BCUT2D eigenvalue weighted by Crippen LogP contribution is 2.35. The molecule has 1 N–H and O–H groups in total. The molecule has 7 heteroatoms. The van der Waals surface area contributed by atoms with Gasteiger partial charge in [0.1, 0.15) is 13.2 Å². The Hall–Kier alpha value is -2.48. The summed E-state index contributed by atoms with van der Waals surface area (Å²) in [5, 5.41) is 12.7. The van der Waals surface area contributed by atoms with E-state index in [0.29, 0.717) is 32.7 Å². The number of ether oxygens (including phenoxy) is 4. The Bertz CT molecular complexity index is 919. The molecule has 7 nitrogen and oxygen atoms in total. The summed E-state index contributed by atoms with van der Waals surface area (Å²) >= 11 is 0. The normalized spacial score (nSPS) is 20.3. The fourth-order valence-electron chi connectivity index (χ4n) is 4.44. The van der Waals surface area contributed by atoms with Gasteiger partial charge in [-0.3, -0.25) is 0 Å². The zero-order valence-corrected chi connectivity index (χ0v) is 22.5. The molecule has 2 aromatic rings. The molecule has 0 aliphatic carbocycles. The summed E-state index contributed by atoms with van der Waals surface area (Å²) in [6.45, 7) is 10.7. The molecule has 0 spiro atoms. The van der Waals surface area contributed by atoms with Gasteiger partial charge in [0.15, 0.2) is 11.5 Å². The summed E-state index contributed by atoms with van der Waals surface area (Å²) in [6.07, 6.45) is 3.52. The molecule has 0 radical (unpaired) electrons. The molecule has 2 aliphatic rings. The molecular formula is C29H43NO6. The molecule has 2 heterocycles. The van der Waals surface area contributed by atoms with Crippen molar-refractivity contribution in [2.75, 3.05) is 33.5 Å². The third-order valence-electron chi connectivity index (χ3n) is 6.01. The minimum atomic E-state index is -0.360. The van der Waals surface area contributed by atoms with E-state index in [2.05, 4.69) is 49.4 Å². The van der Waals surface area contributed by atoms with Crippen LogP contribution >= 0.6 is 0 Å². The van der Waals surface area contributed by atoms with Crippen molar-refractivity contribution in [2.24, 2.45) is 5.18 Å². The van der Waals surface area contributed by atoms with Crippen LogP contribution in [-0.4, -0.2) is 50.8 Å². The van der Waals surface area contributed by atoms with Gasteiger partial charge in [-0.25, -0.2) is 0 Å². The lowest BCUT2D eigenvalue weighted by Crippen LogP contribution is -2.34. The summed E-state index contributed by atoms with van der Waals surface area (Å²) in [6, 6.07) is 12.8. The van der Waals surface area contributed by atoms with Gasteiger partial charge < -0.3 is 24.1 Å². The van der Waals surface area contributed by atoms with Crippen molar-refractivity contribution in [1.82, 2.24) is 0 Å². The Balaban J connectivity index is 0.000000850. The maximum Gasteiger partial charge on any atom is 0.161 e. The molecule has 0 saturated carbocycles. The van der Waals surface area contributed by atoms with Crippen LogP contribution < -0.4 is 9.47 Å². The third-order valence-corrected chi connectivity index (χ3v) is 6.01. The predicted molar refractivity (Wildman–Crippen MR) is 143 cm³/mol. The number of aliphatic hydroxyl groups excluding tert-OH is 1. The van der Waals surface area contributed by atoms with Gasteiger partial charge in [0, 0.05) is 19.4 Å². The smallest absolute Gasteiger partial charge is 0.161 e. The molecule has 1 saturated heterocycles. The molecule has 2 aromatic carbocycles. The van der Waals surface area contributed by atoms with E-state index in [-0.39, 0.29) is 18.3 Å². The number of aryl methyl sites for hydroxylation is 1. The van der Waals surface area contributed by atoms with Crippen molar-refractivity contribution >= 4 is 0 Å². The molecule has 200 valence electrons. The van der Waals surface area contributed by atoms with Gasteiger partial charge in [-0.1, -0.05) is 57.1 Å². The highest BCUT2D eigenvalue weighted by Gasteiger charge is 2.30. The van der Waals surface area contributed by atoms with E-state index >= 15 is 0 Å². The van der Waals surface area contributed by atoms with E-state index in [4.69, 9.17) is 23.9 Å². The number of hydrogen-bond acceptors (Lipinski definition) is 7. The van der Waals surface area contributed by atoms with Gasteiger partial charge in [-0.05, 0) is 53.6 Å². The van der Waals surface area contributed by atoms with Crippen molar-refractivity contribution in [2.45, 2.75) is 78.1 Å². The van der Waals surface area contributed by atoms with Crippen LogP contribution in [0.2, 0.25) is 0 Å². The topological polar surface area (TPSA) is 86.6 Å². The fourth-order valence-corrected chi connectivity index (χ4v) is 4.44. The van der Waals surface area contributed by atoms with Crippen LogP contribution in [0.3, 0.4) is 0 Å². The van der Waals surface area contributed by atoms with Gasteiger partial charge in [-0.15, -0.1) is 0 Å². The van der Waals surface area contributed by atoms with Crippen molar-refractivity contribution < 1.29 is 24.1 Å². The Morgan fingerprint density at radius 2 is 1.72 bits per heavy atom. The van der Waals surface area contributed by atoms with Crippen LogP contribution in [0.15, 0.2) is 41.6 Å². The van der Waals surface area contributed by atoms with Crippen LogP contribution in [0.25, 0.3) is 0 Å². The molecule has 3 atom stereocenters. The number of nitroso groups, excluding NO2 is 1. The minimum absolute atomic E-state index is 0.0626. The average molecular weight is 502 g/mol. The van der Waals surface area contributed by atoms with E-state index in [1.807, 2.05) is 19.9 Å². The highest BCUT2D eigenvalue weighted by atomic mass is 16.6. The zero-order chi connectivity index (χ0) is 26.3. The monoisotopic (exact) mass is 501 g/mol. The maximum absolute atomic E-state index is 10.4. The van der Waals surface area contributed by atoms with Crippen molar-refractivity contribution in [3.8, 4) is 11.5 Å². The molecule has 3 unspecified atom stereocenters. The van der Waals surface area contributed by atoms with Crippen molar-refractivity contribution in [1.29, 1.82) is 0 Å². The summed E-state index contributed by atoms with van der Waals surface area (Å²) < 4.78 is 23.4. The first-order valence-corrected chi connectivity index (χ1v) is 13.2. The second-order valence-corrected chi connectivity index (χ2v) is 8.67. The summed E-state index contributed by atoms with van der Waals surface area (Å²) in [5.41, 5.74) is 4.95. The highest BCUT2D eigenvalue weighted by molar-refractivity contribution is 5.46. The number of nitrogens with zero attached hydrogens (tertiary/aromatic N) is 1. The van der Waals surface area contributed by atoms with Gasteiger partial charge in [0.2, 0.25) is 0 Å². The molecule has 2 aliphatic heterocycles. The number of hydrogen-bond donors (Lipinski definition) is 1. The summed E-state index contributed by atoms with van der Waals surface area (Å²) in [7, 11) is 1.19. The fraction of sp³-hybridized carbons (Fsp3) is 0.586. The van der Waals surface area contributed by atoms with Crippen molar-refractivity contribution in [3.05, 3.63) is 63.6 Å². The van der Waals surface area contributed by atoms with Crippen LogP contribution in [0, 0.1) is 4.91 Å². The molecule has 0 amide bonds. The quantitative estimate of drug-likeness (QED) is 0.351.